The highest BCUT2D eigenvalue weighted by Crippen LogP contribution is 2.76. The predicted octanol–water partition coefficient (Wildman–Crippen LogP) is 2.89. The summed E-state index contributed by atoms with van der Waals surface area (Å²) in [5, 5.41) is 0. The van der Waals surface area contributed by atoms with Gasteiger partial charge in [0, 0.05) is 0 Å². The van der Waals surface area contributed by atoms with Crippen LogP contribution in [0, 0.1) is 40.9 Å². The van der Waals surface area contributed by atoms with Crippen LogP contribution in [0.3, 0.4) is 0 Å². The maximum atomic E-state index is 11.8. The molecule has 4 bridgehead atoms. The molecule has 4 fully saturated rings. The van der Waals surface area contributed by atoms with Crippen molar-refractivity contribution in [1.82, 2.24) is 0 Å². The number of carbonyl (C=O) groups excluding carboxylic acids is 1. The quantitative estimate of drug-likeness (QED) is 0.542. The Morgan fingerprint density at radius 2 is 1.94 bits per heavy atom. The molecule has 0 radical (unpaired) electrons. The Balaban J connectivity index is 1.76. The summed E-state index contributed by atoms with van der Waals surface area (Å²) < 4.78 is 4.96. The van der Waals surface area contributed by atoms with Gasteiger partial charge in [-0.3, -0.25) is 4.79 Å². The second-order valence-corrected chi connectivity index (χ2v) is 7.07. The van der Waals surface area contributed by atoms with Crippen LogP contribution in [0.25, 0.3) is 0 Å². The van der Waals surface area contributed by atoms with Gasteiger partial charge in [-0.2, -0.15) is 0 Å². The van der Waals surface area contributed by atoms with Gasteiger partial charge in [-0.05, 0) is 41.4 Å². The van der Waals surface area contributed by atoms with Gasteiger partial charge in [0.2, 0.25) is 0 Å². The zero-order valence-corrected chi connectivity index (χ0v) is 11.1. The Bertz CT molecular complexity index is 377. The number of rotatable bonds is 2. The second-order valence-electron chi connectivity index (χ2n) is 7.07. The highest BCUT2D eigenvalue weighted by molar-refractivity contribution is 5.75. The molecule has 4 aliphatic carbocycles. The summed E-state index contributed by atoms with van der Waals surface area (Å²) in [6, 6.07) is 0. The third-order valence-electron chi connectivity index (χ3n) is 4.94. The van der Waals surface area contributed by atoms with Crippen LogP contribution in [0.15, 0.2) is 12.2 Å². The SMILES string of the molecule is COC(=O)[C@@H]1C2C3[C@@H]2C[C@@H]1[C@H]3/C=C/C(C)(C)C. The second kappa shape index (κ2) is 3.37. The van der Waals surface area contributed by atoms with Crippen molar-refractivity contribution in [3.63, 3.8) is 0 Å². The summed E-state index contributed by atoms with van der Waals surface area (Å²) in [6.07, 6.45) is 5.97. The van der Waals surface area contributed by atoms with Crippen LogP contribution in [-0.2, 0) is 9.53 Å². The van der Waals surface area contributed by atoms with Crippen molar-refractivity contribution in [2.45, 2.75) is 27.2 Å². The van der Waals surface area contributed by atoms with Crippen LogP contribution in [-0.4, -0.2) is 13.1 Å². The van der Waals surface area contributed by atoms with E-state index in [9.17, 15) is 4.79 Å². The molecule has 0 aromatic carbocycles. The third-order valence-corrected chi connectivity index (χ3v) is 4.94. The predicted molar refractivity (Wildman–Crippen MR) is 66.2 cm³/mol. The fraction of sp³-hybridized carbons (Fsp3) is 0.800. The minimum Gasteiger partial charge on any atom is -0.469 e. The van der Waals surface area contributed by atoms with Crippen LogP contribution in [0.2, 0.25) is 0 Å². The maximum Gasteiger partial charge on any atom is 0.309 e. The van der Waals surface area contributed by atoms with Crippen LogP contribution in [0.4, 0.5) is 0 Å². The molecule has 4 rings (SSSR count). The van der Waals surface area contributed by atoms with Gasteiger partial charge in [-0.15, -0.1) is 0 Å². The standard InChI is InChI=1S/C15H22O2/c1-15(2,3)6-5-8-9-7-10-11(8)12(10)13(9)14(16)17-4/h5-6,8-13H,7H2,1-4H3/b6-5+/t8-,9-,10+,11?,12?,13+/m1/s1. The van der Waals surface area contributed by atoms with E-state index in [4.69, 9.17) is 4.74 Å². The summed E-state index contributed by atoms with van der Waals surface area (Å²) in [6.45, 7) is 6.68. The van der Waals surface area contributed by atoms with E-state index in [0.29, 0.717) is 17.8 Å². The van der Waals surface area contributed by atoms with Crippen molar-refractivity contribution in [2.75, 3.05) is 7.11 Å². The Hall–Kier alpha value is -0.790. The van der Waals surface area contributed by atoms with E-state index in [-0.39, 0.29) is 17.3 Å². The van der Waals surface area contributed by atoms with E-state index >= 15 is 0 Å². The molecule has 0 saturated heterocycles. The van der Waals surface area contributed by atoms with Crippen molar-refractivity contribution in [3.05, 3.63) is 12.2 Å². The monoisotopic (exact) mass is 234 g/mol. The third kappa shape index (κ3) is 1.56. The number of methoxy groups -OCH3 is 1. The summed E-state index contributed by atoms with van der Waals surface area (Å²) in [7, 11) is 1.52. The van der Waals surface area contributed by atoms with Gasteiger partial charge in [0.25, 0.3) is 0 Å². The van der Waals surface area contributed by atoms with Crippen molar-refractivity contribution in [1.29, 1.82) is 0 Å². The molecule has 94 valence electrons. The topological polar surface area (TPSA) is 26.3 Å². The molecule has 0 N–H and O–H groups in total. The molecule has 0 spiro atoms. The maximum absolute atomic E-state index is 11.8. The summed E-state index contributed by atoms with van der Waals surface area (Å²) in [4.78, 5) is 11.8. The fourth-order valence-corrected chi connectivity index (χ4v) is 4.36. The molecule has 0 aromatic heterocycles. The van der Waals surface area contributed by atoms with Gasteiger partial charge < -0.3 is 4.74 Å². The molecule has 6 atom stereocenters. The van der Waals surface area contributed by atoms with E-state index in [2.05, 4.69) is 32.9 Å². The zero-order valence-electron chi connectivity index (χ0n) is 11.1. The lowest BCUT2D eigenvalue weighted by Crippen LogP contribution is -2.21. The molecule has 0 aromatic rings. The molecule has 4 saturated carbocycles. The van der Waals surface area contributed by atoms with Crippen LogP contribution >= 0.6 is 0 Å². The number of hydrogen-bond donors (Lipinski definition) is 0. The average molecular weight is 234 g/mol. The Kier molecular flexibility index (Phi) is 2.24. The Labute approximate surface area is 103 Å². The lowest BCUT2D eigenvalue weighted by Gasteiger charge is -2.18. The Morgan fingerprint density at radius 3 is 2.47 bits per heavy atom. The van der Waals surface area contributed by atoms with Gasteiger partial charge in [0.05, 0.1) is 13.0 Å². The zero-order chi connectivity index (χ0) is 12.4. The number of allylic oxidation sites excluding steroid dienone is 2. The minimum atomic E-state index is 0.0386. The molecular formula is C15H22O2. The van der Waals surface area contributed by atoms with Gasteiger partial charge in [-0.1, -0.05) is 32.9 Å². The molecule has 2 heteroatoms. The van der Waals surface area contributed by atoms with Crippen LogP contribution < -0.4 is 0 Å². The number of carbonyl (C=O) groups is 1. The van der Waals surface area contributed by atoms with E-state index < -0.39 is 0 Å². The first-order chi connectivity index (χ1) is 7.94. The van der Waals surface area contributed by atoms with Crippen molar-refractivity contribution in [2.24, 2.45) is 40.9 Å². The Morgan fingerprint density at radius 1 is 1.24 bits per heavy atom. The van der Waals surface area contributed by atoms with Crippen LogP contribution in [0.1, 0.15) is 27.2 Å². The van der Waals surface area contributed by atoms with Crippen molar-refractivity contribution >= 4 is 5.97 Å². The largest absolute Gasteiger partial charge is 0.469 e. The highest BCUT2D eigenvalue weighted by Gasteiger charge is 2.74. The van der Waals surface area contributed by atoms with E-state index in [0.717, 1.165) is 11.8 Å². The summed E-state index contributed by atoms with van der Waals surface area (Å²) >= 11 is 0. The lowest BCUT2D eigenvalue weighted by atomic mass is 9.88. The van der Waals surface area contributed by atoms with E-state index in [1.54, 1.807) is 0 Å². The summed E-state index contributed by atoms with van der Waals surface area (Å²) in [5.74, 6) is 3.75. The summed E-state index contributed by atoms with van der Waals surface area (Å²) in [5.41, 5.74) is 0.248. The first kappa shape index (κ1) is 11.3. The van der Waals surface area contributed by atoms with Crippen molar-refractivity contribution in [3.8, 4) is 0 Å². The molecule has 0 heterocycles. The number of hydrogen-bond acceptors (Lipinski definition) is 2. The van der Waals surface area contributed by atoms with Gasteiger partial charge in [0.15, 0.2) is 0 Å². The molecule has 2 unspecified atom stereocenters. The molecule has 0 aliphatic heterocycles. The van der Waals surface area contributed by atoms with Crippen LogP contribution in [0.5, 0.6) is 0 Å². The number of ether oxygens (including phenoxy) is 1. The van der Waals surface area contributed by atoms with E-state index in [1.807, 2.05) is 0 Å². The fourth-order valence-electron chi connectivity index (χ4n) is 4.36. The lowest BCUT2D eigenvalue weighted by molar-refractivity contribution is -0.146. The van der Waals surface area contributed by atoms with Gasteiger partial charge >= 0.3 is 5.97 Å². The first-order valence-corrected chi connectivity index (χ1v) is 6.71. The highest BCUT2D eigenvalue weighted by atomic mass is 16.5. The molecule has 0 amide bonds. The smallest absolute Gasteiger partial charge is 0.309 e. The van der Waals surface area contributed by atoms with Crippen molar-refractivity contribution < 1.29 is 9.53 Å². The average Bonchev–Trinajstić information content (AvgIpc) is 2.65. The molecule has 4 aliphatic rings. The minimum absolute atomic E-state index is 0.0386. The molecule has 2 nitrogen and oxygen atoms in total. The normalized spacial score (nSPS) is 46.6. The molecule has 17 heavy (non-hydrogen) atoms. The van der Waals surface area contributed by atoms with Gasteiger partial charge in [-0.25, -0.2) is 0 Å². The van der Waals surface area contributed by atoms with E-state index in [1.165, 1.54) is 13.5 Å². The number of esters is 1. The first-order valence-electron chi connectivity index (χ1n) is 6.71. The van der Waals surface area contributed by atoms with Gasteiger partial charge in [0.1, 0.15) is 0 Å². The molecular weight excluding hydrogens is 212 g/mol.